The first kappa shape index (κ1) is 17.4. The molecule has 6 heteroatoms. The molecule has 0 unspecified atom stereocenters. The number of rotatable bonds is 8. The fourth-order valence-electron chi connectivity index (χ4n) is 2.01. The van der Waals surface area contributed by atoms with Crippen LogP contribution in [0.2, 0.25) is 5.02 Å². The number of nitrogens with one attached hydrogen (secondary N) is 2. The summed E-state index contributed by atoms with van der Waals surface area (Å²) in [6.45, 7) is 2.61. The Bertz CT molecular complexity index is 600. The van der Waals surface area contributed by atoms with Crippen LogP contribution in [0.5, 0.6) is 0 Å². The number of ether oxygens (including phenoxy) is 1. The van der Waals surface area contributed by atoms with E-state index in [4.69, 9.17) is 20.8 Å². The number of aliphatic imine (C=N–C) groups is 1. The summed E-state index contributed by atoms with van der Waals surface area (Å²) in [5.41, 5.74) is 1.07. The fourth-order valence-corrected chi connectivity index (χ4v) is 2.22. The van der Waals surface area contributed by atoms with Gasteiger partial charge >= 0.3 is 0 Å². The molecule has 0 fully saturated rings. The van der Waals surface area contributed by atoms with E-state index >= 15 is 0 Å². The summed E-state index contributed by atoms with van der Waals surface area (Å²) in [6, 6.07) is 11.6. The molecular formula is C17H22ClN3O2. The Hall–Kier alpha value is -1.98. The standard InChI is InChI=1S/C17H22ClN3O2/c1-22-11-9-20-17(19-8-7-16-6-3-10-23-16)21-13-14-4-2-5-15(18)12-14/h2-6,10,12H,7-9,11,13H2,1H3,(H2,19,20,21). The van der Waals surface area contributed by atoms with Crippen molar-refractivity contribution in [2.24, 2.45) is 4.99 Å². The zero-order valence-electron chi connectivity index (χ0n) is 13.2. The second kappa shape index (κ2) is 9.92. The molecule has 0 radical (unpaired) electrons. The van der Waals surface area contributed by atoms with E-state index in [1.54, 1.807) is 13.4 Å². The lowest BCUT2D eigenvalue weighted by Gasteiger charge is -2.12. The lowest BCUT2D eigenvalue weighted by atomic mass is 10.2. The molecule has 2 N–H and O–H groups in total. The first-order valence-electron chi connectivity index (χ1n) is 7.56. The van der Waals surface area contributed by atoms with Crippen LogP contribution in [0, 0.1) is 0 Å². The van der Waals surface area contributed by atoms with E-state index in [-0.39, 0.29) is 0 Å². The van der Waals surface area contributed by atoms with Gasteiger partial charge in [0.05, 0.1) is 19.4 Å². The van der Waals surface area contributed by atoms with Crippen molar-refractivity contribution in [3.05, 3.63) is 59.0 Å². The lowest BCUT2D eigenvalue weighted by Crippen LogP contribution is -2.40. The highest BCUT2D eigenvalue weighted by atomic mass is 35.5. The van der Waals surface area contributed by atoms with Gasteiger partial charge in [0.2, 0.25) is 0 Å². The van der Waals surface area contributed by atoms with E-state index in [0.717, 1.165) is 35.3 Å². The summed E-state index contributed by atoms with van der Waals surface area (Å²) in [5.74, 6) is 1.69. The summed E-state index contributed by atoms with van der Waals surface area (Å²) in [5, 5.41) is 7.25. The largest absolute Gasteiger partial charge is 0.469 e. The first-order chi connectivity index (χ1) is 11.3. The van der Waals surface area contributed by atoms with Gasteiger partial charge in [0.15, 0.2) is 5.96 Å². The number of nitrogens with zero attached hydrogens (tertiary/aromatic N) is 1. The number of furan rings is 1. The molecule has 0 saturated heterocycles. The number of benzene rings is 1. The van der Waals surface area contributed by atoms with Gasteiger partial charge in [-0.05, 0) is 29.8 Å². The van der Waals surface area contributed by atoms with Gasteiger partial charge in [-0.25, -0.2) is 4.99 Å². The SMILES string of the molecule is COCCNC(=NCc1cccc(Cl)c1)NCCc1ccco1. The summed E-state index contributed by atoms with van der Waals surface area (Å²) >= 11 is 6.00. The molecule has 23 heavy (non-hydrogen) atoms. The van der Waals surface area contributed by atoms with Crippen LogP contribution in [-0.4, -0.2) is 32.8 Å². The Kier molecular flexibility index (Phi) is 7.49. The minimum absolute atomic E-state index is 0.559. The van der Waals surface area contributed by atoms with Gasteiger partial charge in [0.1, 0.15) is 5.76 Å². The average molecular weight is 336 g/mol. The van der Waals surface area contributed by atoms with Crippen molar-refractivity contribution in [2.45, 2.75) is 13.0 Å². The highest BCUT2D eigenvalue weighted by Crippen LogP contribution is 2.11. The Morgan fingerprint density at radius 3 is 2.83 bits per heavy atom. The Morgan fingerprint density at radius 1 is 1.22 bits per heavy atom. The Morgan fingerprint density at radius 2 is 2.09 bits per heavy atom. The number of halogens is 1. The third kappa shape index (κ3) is 6.76. The highest BCUT2D eigenvalue weighted by molar-refractivity contribution is 6.30. The van der Waals surface area contributed by atoms with Crippen molar-refractivity contribution in [1.29, 1.82) is 0 Å². The average Bonchev–Trinajstić information content (AvgIpc) is 3.06. The molecule has 1 aromatic heterocycles. The second-order valence-electron chi connectivity index (χ2n) is 4.97. The molecule has 0 aliphatic rings. The summed E-state index contributed by atoms with van der Waals surface area (Å²) < 4.78 is 10.4. The predicted molar refractivity (Wildman–Crippen MR) is 92.9 cm³/mol. The van der Waals surface area contributed by atoms with E-state index in [1.807, 2.05) is 36.4 Å². The molecule has 0 spiro atoms. The summed E-state index contributed by atoms with van der Waals surface area (Å²) in [7, 11) is 1.68. The maximum Gasteiger partial charge on any atom is 0.191 e. The maximum atomic E-state index is 6.00. The maximum absolute atomic E-state index is 6.00. The van der Waals surface area contributed by atoms with E-state index in [1.165, 1.54) is 0 Å². The van der Waals surface area contributed by atoms with E-state index in [2.05, 4.69) is 15.6 Å². The zero-order valence-corrected chi connectivity index (χ0v) is 14.0. The van der Waals surface area contributed by atoms with Gasteiger partial charge in [-0.2, -0.15) is 0 Å². The van der Waals surface area contributed by atoms with Gasteiger partial charge < -0.3 is 19.8 Å². The molecule has 5 nitrogen and oxygen atoms in total. The van der Waals surface area contributed by atoms with E-state index in [0.29, 0.717) is 19.7 Å². The van der Waals surface area contributed by atoms with Crippen LogP contribution in [0.4, 0.5) is 0 Å². The molecule has 1 aromatic carbocycles. The van der Waals surface area contributed by atoms with E-state index in [9.17, 15) is 0 Å². The van der Waals surface area contributed by atoms with Gasteiger partial charge in [-0.1, -0.05) is 23.7 Å². The van der Waals surface area contributed by atoms with Crippen molar-refractivity contribution in [3.63, 3.8) is 0 Å². The molecule has 0 amide bonds. The molecule has 0 saturated carbocycles. The Balaban J connectivity index is 1.87. The van der Waals surface area contributed by atoms with Crippen molar-refractivity contribution in [2.75, 3.05) is 26.8 Å². The first-order valence-corrected chi connectivity index (χ1v) is 7.93. The zero-order chi connectivity index (χ0) is 16.3. The van der Waals surface area contributed by atoms with Gasteiger partial charge in [-0.3, -0.25) is 0 Å². The molecule has 0 atom stereocenters. The molecule has 1 heterocycles. The monoisotopic (exact) mass is 335 g/mol. The minimum atomic E-state index is 0.559. The van der Waals surface area contributed by atoms with E-state index < -0.39 is 0 Å². The van der Waals surface area contributed by atoms with Crippen LogP contribution in [0.15, 0.2) is 52.1 Å². The fraction of sp³-hybridized carbons (Fsp3) is 0.353. The molecule has 124 valence electrons. The van der Waals surface area contributed by atoms with Crippen LogP contribution < -0.4 is 10.6 Å². The Labute approximate surface area is 141 Å². The normalized spacial score (nSPS) is 11.5. The second-order valence-corrected chi connectivity index (χ2v) is 5.41. The third-order valence-corrected chi connectivity index (χ3v) is 3.39. The van der Waals surface area contributed by atoms with Crippen LogP contribution in [0.25, 0.3) is 0 Å². The number of hydrogen-bond acceptors (Lipinski definition) is 3. The van der Waals surface area contributed by atoms with Crippen LogP contribution in [-0.2, 0) is 17.7 Å². The van der Waals surface area contributed by atoms with Crippen LogP contribution in [0.1, 0.15) is 11.3 Å². The van der Waals surface area contributed by atoms with Crippen LogP contribution in [0.3, 0.4) is 0 Å². The minimum Gasteiger partial charge on any atom is -0.469 e. The highest BCUT2D eigenvalue weighted by Gasteiger charge is 2.01. The molecule has 2 aromatic rings. The molecule has 0 bridgehead atoms. The van der Waals surface area contributed by atoms with Gasteiger partial charge in [0, 0.05) is 31.6 Å². The smallest absolute Gasteiger partial charge is 0.191 e. The molecular weight excluding hydrogens is 314 g/mol. The molecule has 0 aliphatic heterocycles. The van der Waals surface area contributed by atoms with Crippen LogP contribution >= 0.6 is 11.6 Å². The van der Waals surface area contributed by atoms with Crippen molar-refractivity contribution in [1.82, 2.24) is 10.6 Å². The number of methoxy groups -OCH3 is 1. The number of guanidine groups is 1. The quantitative estimate of drug-likeness (QED) is 0.442. The number of hydrogen-bond donors (Lipinski definition) is 2. The summed E-state index contributed by atoms with van der Waals surface area (Å²) in [4.78, 5) is 4.58. The van der Waals surface area contributed by atoms with Crippen molar-refractivity contribution < 1.29 is 9.15 Å². The molecule has 0 aliphatic carbocycles. The third-order valence-electron chi connectivity index (χ3n) is 3.15. The predicted octanol–water partition coefficient (Wildman–Crippen LogP) is 2.86. The molecule has 2 rings (SSSR count). The van der Waals surface area contributed by atoms with Gasteiger partial charge in [-0.15, -0.1) is 0 Å². The van der Waals surface area contributed by atoms with Gasteiger partial charge in [0.25, 0.3) is 0 Å². The van der Waals surface area contributed by atoms with Crippen molar-refractivity contribution in [3.8, 4) is 0 Å². The summed E-state index contributed by atoms with van der Waals surface area (Å²) in [6.07, 6.45) is 2.48. The van der Waals surface area contributed by atoms with Crippen molar-refractivity contribution >= 4 is 17.6 Å². The topological polar surface area (TPSA) is 58.8 Å². The lowest BCUT2D eigenvalue weighted by molar-refractivity contribution is 0.203.